The largest absolute Gasteiger partial charge is 0.371 e. The van der Waals surface area contributed by atoms with E-state index < -0.39 is 0 Å². The summed E-state index contributed by atoms with van der Waals surface area (Å²) in [6.07, 6.45) is 4.88. The third kappa shape index (κ3) is 2.12. The van der Waals surface area contributed by atoms with Gasteiger partial charge in [0.1, 0.15) is 0 Å². The van der Waals surface area contributed by atoms with E-state index in [1.165, 1.54) is 61.2 Å². The molecule has 0 saturated heterocycles. The van der Waals surface area contributed by atoms with Gasteiger partial charge in [0.25, 0.3) is 0 Å². The van der Waals surface area contributed by atoms with Gasteiger partial charge in [-0.1, -0.05) is 26.0 Å². The Morgan fingerprint density at radius 1 is 1.11 bits per heavy atom. The van der Waals surface area contributed by atoms with Gasteiger partial charge in [-0.25, -0.2) is 0 Å². The molecular weight excluding hydrogens is 232 g/mol. The van der Waals surface area contributed by atoms with E-state index in [4.69, 9.17) is 0 Å². The predicted molar refractivity (Wildman–Crippen MR) is 78.5 cm³/mol. The Morgan fingerprint density at radius 2 is 1.68 bits per heavy atom. The molecule has 2 heterocycles. The van der Waals surface area contributed by atoms with E-state index in [9.17, 15) is 5.26 Å². The van der Waals surface area contributed by atoms with E-state index in [-0.39, 0.29) is 5.92 Å². The summed E-state index contributed by atoms with van der Waals surface area (Å²) in [5, 5.41) is 9.42. The smallest absolute Gasteiger partial charge is 0.0735 e. The van der Waals surface area contributed by atoms with Gasteiger partial charge in [-0.15, -0.1) is 0 Å². The Morgan fingerprint density at radius 3 is 2.16 bits per heavy atom. The van der Waals surface area contributed by atoms with Crippen LogP contribution in [0, 0.1) is 17.2 Å². The molecule has 0 amide bonds. The molecule has 0 spiro atoms. The third-order valence-electron chi connectivity index (χ3n) is 4.52. The second kappa shape index (κ2) is 4.89. The summed E-state index contributed by atoms with van der Waals surface area (Å²) in [5.41, 5.74) is 5.72. The number of hydrogen-bond acceptors (Lipinski definition) is 2. The number of aryl methyl sites for hydroxylation is 2. The highest BCUT2D eigenvalue weighted by atomic mass is 15.1. The zero-order valence-corrected chi connectivity index (χ0v) is 11.9. The van der Waals surface area contributed by atoms with Crippen molar-refractivity contribution in [3.05, 3.63) is 28.8 Å². The minimum atomic E-state index is 0.0406. The summed E-state index contributed by atoms with van der Waals surface area (Å²) in [5.74, 6) is 0.428. The topological polar surface area (TPSA) is 27.0 Å². The number of nitriles is 1. The van der Waals surface area contributed by atoms with E-state index >= 15 is 0 Å². The minimum Gasteiger partial charge on any atom is -0.371 e. The Labute approximate surface area is 116 Å². The summed E-state index contributed by atoms with van der Waals surface area (Å²) >= 11 is 0. The molecule has 2 aliphatic rings. The number of hydrogen-bond donors (Lipinski definition) is 0. The molecule has 0 radical (unpaired) electrons. The van der Waals surface area contributed by atoms with Crippen LogP contribution in [0.4, 0.5) is 5.69 Å². The molecule has 2 heteroatoms. The SMILES string of the molecule is CC(C)C(C#N)c1cc2c3c(c1)CCCN3CCC2. The van der Waals surface area contributed by atoms with Crippen LogP contribution in [0.15, 0.2) is 12.1 Å². The molecule has 3 rings (SSSR count). The highest BCUT2D eigenvalue weighted by Crippen LogP contribution is 2.38. The molecule has 100 valence electrons. The van der Waals surface area contributed by atoms with Crippen molar-refractivity contribution in [1.82, 2.24) is 0 Å². The van der Waals surface area contributed by atoms with Crippen LogP contribution in [0.2, 0.25) is 0 Å². The minimum absolute atomic E-state index is 0.0406. The van der Waals surface area contributed by atoms with Crippen molar-refractivity contribution in [3.63, 3.8) is 0 Å². The van der Waals surface area contributed by atoms with Gasteiger partial charge in [-0.2, -0.15) is 5.26 Å². The van der Waals surface area contributed by atoms with Crippen molar-refractivity contribution in [3.8, 4) is 6.07 Å². The van der Waals surface area contributed by atoms with Crippen molar-refractivity contribution in [2.45, 2.75) is 45.4 Å². The van der Waals surface area contributed by atoms with Crippen LogP contribution in [-0.4, -0.2) is 13.1 Å². The lowest BCUT2D eigenvalue weighted by molar-refractivity contribution is 0.581. The molecule has 2 aliphatic heterocycles. The normalized spacial score (nSPS) is 18.9. The standard InChI is InChI=1S/C17H22N2/c1-12(2)16(11-18)15-9-13-5-3-7-19-8-4-6-14(10-15)17(13)19/h9-10,12,16H,3-8H2,1-2H3. The van der Waals surface area contributed by atoms with E-state index in [1.807, 2.05) is 0 Å². The monoisotopic (exact) mass is 254 g/mol. The van der Waals surface area contributed by atoms with Crippen molar-refractivity contribution in [2.24, 2.45) is 5.92 Å². The molecule has 1 unspecified atom stereocenters. The van der Waals surface area contributed by atoms with Crippen molar-refractivity contribution in [1.29, 1.82) is 5.26 Å². The van der Waals surface area contributed by atoms with Gasteiger partial charge in [0, 0.05) is 18.8 Å². The molecule has 0 saturated carbocycles. The molecular formula is C17H22N2. The third-order valence-corrected chi connectivity index (χ3v) is 4.52. The molecule has 0 fully saturated rings. The fraction of sp³-hybridized carbons (Fsp3) is 0.588. The van der Waals surface area contributed by atoms with Crippen LogP contribution < -0.4 is 4.90 Å². The zero-order chi connectivity index (χ0) is 13.4. The van der Waals surface area contributed by atoms with Crippen molar-refractivity contribution < 1.29 is 0 Å². The molecule has 1 aromatic rings. The van der Waals surface area contributed by atoms with E-state index in [0.29, 0.717) is 5.92 Å². The Bertz CT molecular complexity index is 494. The maximum Gasteiger partial charge on any atom is 0.0735 e. The number of benzene rings is 1. The summed E-state index contributed by atoms with van der Waals surface area (Å²) in [6.45, 7) is 6.72. The van der Waals surface area contributed by atoms with Crippen molar-refractivity contribution >= 4 is 5.69 Å². The molecule has 0 N–H and O–H groups in total. The molecule has 0 bridgehead atoms. The lowest BCUT2D eigenvalue weighted by Crippen LogP contribution is -2.34. The first-order valence-electron chi connectivity index (χ1n) is 7.51. The lowest BCUT2D eigenvalue weighted by atomic mass is 9.83. The second-order valence-electron chi connectivity index (χ2n) is 6.23. The van der Waals surface area contributed by atoms with Gasteiger partial charge in [0.05, 0.1) is 12.0 Å². The maximum absolute atomic E-state index is 9.42. The molecule has 19 heavy (non-hydrogen) atoms. The average molecular weight is 254 g/mol. The molecule has 0 aliphatic carbocycles. The zero-order valence-electron chi connectivity index (χ0n) is 11.9. The fourth-order valence-corrected chi connectivity index (χ4v) is 3.62. The van der Waals surface area contributed by atoms with Gasteiger partial charge in [-0.3, -0.25) is 0 Å². The Hall–Kier alpha value is -1.49. The van der Waals surface area contributed by atoms with Crippen LogP contribution in [-0.2, 0) is 12.8 Å². The van der Waals surface area contributed by atoms with Crippen molar-refractivity contribution in [2.75, 3.05) is 18.0 Å². The predicted octanol–water partition coefficient (Wildman–Crippen LogP) is 3.65. The van der Waals surface area contributed by atoms with Crippen LogP contribution in [0.25, 0.3) is 0 Å². The van der Waals surface area contributed by atoms with E-state index in [1.54, 1.807) is 0 Å². The van der Waals surface area contributed by atoms with Gasteiger partial charge >= 0.3 is 0 Å². The second-order valence-corrected chi connectivity index (χ2v) is 6.23. The first-order chi connectivity index (χ1) is 9.20. The fourth-order valence-electron chi connectivity index (χ4n) is 3.62. The molecule has 0 aromatic heterocycles. The molecule has 2 nitrogen and oxygen atoms in total. The molecule has 1 aromatic carbocycles. The Kier molecular flexibility index (Phi) is 3.22. The summed E-state index contributed by atoms with van der Waals surface area (Å²) in [6, 6.07) is 7.11. The van der Waals surface area contributed by atoms with E-state index in [0.717, 1.165) is 0 Å². The average Bonchev–Trinajstić information content (AvgIpc) is 2.39. The summed E-state index contributed by atoms with van der Waals surface area (Å²) in [7, 11) is 0. The first-order valence-corrected chi connectivity index (χ1v) is 7.51. The van der Waals surface area contributed by atoms with Crippen LogP contribution >= 0.6 is 0 Å². The number of anilines is 1. The van der Waals surface area contributed by atoms with Crippen LogP contribution in [0.5, 0.6) is 0 Å². The number of rotatable bonds is 2. The van der Waals surface area contributed by atoms with Crippen LogP contribution in [0.1, 0.15) is 49.3 Å². The maximum atomic E-state index is 9.42. The summed E-state index contributed by atoms with van der Waals surface area (Å²) in [4.78, 5) is 2.55. The van der Waals surface area contributed by atoms with Crippen LogP contribution in [0.3, 0.4) is 0 Å². The summed E-state index contributed by atoms with van der Waals surface area (Å²) < 4.78 is 0. The van der Waals surface area contributed by atoms with Gasteiger partial charge in [0.2, 0.25) is 0 Å². The first kappa shape index (κ1) is 12.5. The lowest BCUT2D eigenvalue weighted by Gasteiger charge is -2.37. The Balaban J connectivity index is 2.08. The van der Waals surface area contributed by atoms with Gasteiger partial charge < -0.3 is 4.90 Å². The van der Waals surface area contributed by atoms with Gasteiger partial charge in [0.15, 0.2) is 0 Å². The number of nitrogens with zero attached hydrogens (tertiary/aromatic N) is 2. The highest BCUT2D eigenvalue weighted by Gasteiger charge is 2.26. The van der Waals surface area contributed by atoms with E-state index in [2.05, 4.69) is 36.9 Å². The molecule has 1 atom stereocenters. The quantitative estimate of drug-likeness (QED) is 0.805. The van der Waals surface area contributed by atoms with Gasteiger partial charge in [-0.05, 0) is 48.3 Å². The highest BCUT2D eigenvalue weighted by molar-refractivity contribution is 5.64.